The van der Waals surface area contributed by atoms with Crippen LogP contribution in [0, 0.1) is 19.7 Å². The van der Waals surface area contributed by atoms with Crippen molar-refractivity contribution in [3.63, 3.8) is 0 Å². The largest absolute Gasteiger partial charge is 0.317 e. The van der Waals surface area contributed by atoms with Gasteiger partial charge in [-0.2, -0.15) is 5.10 Å². The second kappa shape index (κ2) is 7.39. The fourth-order valence-electron chi connectivity index (χ4n) is 3.78. The Hall–Kier alpha value is -2.09. The molecule has 5 nitrogen and oxygen atoms in total. The molecule has 0 radical (unpaired) electrons. The number of aromatic nitrogens is 4. The van der Waals surface area contributed by atoms with Crippen molar-refractivity contribution in [2.24, 2.45) is 0 Å². The average Bonchev–Trinajstić information content (AvgIpc) is 3.26. The molecule has 1 fully saturated rings. The molecule has 1 saturated heterocycles. The van der Waals surface area contributed by atoms with Crippen LogP contribution in [0.15, 0.2) is 24.4 Å². The Kier molecular flexibility index (Phi) is 5.07. The molecule has 1 aliphatic rings. The molecular formula is C20H21ClFN5S. The van der Waals surface area contributed by atoms with Crippen molar-refractivity contribution in [2.45, 2.75) is 32.6 Å². The Balaban J connectivity index is 0.00000192. The number of hydrogen-bond donors (Lipinski definition) is 1. The van der Waals surface area contributed by atoms with Gasteiger partial charge in [0.2, 0.25) is 0 Å². The predicted octanol–water partition coefficient (Wildman–Crippen LogP) is 4.65. The molecule has 4 heterocycles. The Morgan fingerprint density at radius 2 is 1.93 bits per heavy atom. The first kappa shape index (κ1) is 19.2. The number of aryl methyl sites for hydroxylation is 2. The van der Waals surface area contributed by atoms with E-state index < -0.39 is 0 Å². The van der Waals surface area contributed by atoms with Gasteiger partial charge in [-0.05, 0) is 63.5 Å². The quantitative estimate of drug-likeness (QED) is 0.515. The highest BCUT2D eigenvalue weighted by Crippen LogP contribution is 2.35. The number of rotatable bonds is 2. The number of halogens is 2. The van der Waals surface area contributed by atoms with Gasteiger partial charge >= 0.3 is 0 Å². The van der Waals surface area contributed by atoms with Crippen LogP contribution in [0.25, 0.3) is 27.1 Å². The van der Waals surface area contributed by atoms with Crippen molar-refractivity contribution in [3.05, 3.63) is 46.5 Å². The van der Waals surface area contributed by atoms with E-state index in [1.54, 1.807) is 21.9 Å². The lowest BCUT2D eigenvalue weighted by Crippen LogP contribution is -2.26. The molecule has 4 aromatic rings. The molecule has 1 aliphatic heterocycles. The van der Waals surface area contributed by atoms with E-state index in [0.717, 1.165) is 63.8 Å². The molecule has 0 unspecified atom stereocenters. The van der Waals surface area contributed by atoms with E-state index in [4.69, 9.17) is 0 Å². The number of imidazole rings is 1. The van der Waals surface area contributed by atoms with Gasteiger partial charge in [-0.1, -0.05) is 0 Å². The Morgan fingerprint density at radius 3 is 2.71 bits per heavy atom. The Morgan fingerprint density at radius 1 is 1.14 bits per heavy atom. The molecule has 5 rings (SSSR count). The minimum atomic E-state index is -0.278. The molecule has 0 amide bonds. The number of nitrogens with one attached hydrogen (secondary N) is 1. The van der Waals surface area contributed by atoms with E-state index in [2.05, 4.69) is 20.4 Å². The van der Waals surface area contributed by atoms with Crippen LogP contribution in [0.5, 0.6) is 0 Å². The van der Waals surface area contributed by atoms with Gasteiger partial charge in [-0.15, -0.1) is 23.7 Å². The predicted molar refractivity (Wildman–Crippen MR) is 113 cm³/mol. The van der Waals surface area contributed by atoms with Crippen LogP contribution in [-0.4, -0.2) is 32.7 Å². The van der Waals surface area contributed by atoms with E-state index in [-0.39, 0.29) is 18.2 Å². The first-order valence-corrected chi connectivity index (χ1v) is 10.0. The Labute approximate surface area is 172 Å². The van der Waals surface area contributed by atoms with E-state index in [1.807, 2.05) is 32.2 Å². The topological polar surface area (TPSA) is 55.1 Å². The maximum absolute atomic E-state index is 14.8. The van der Waals surface area contributed by atoms with Crippen molar-refractivity contribution in [2.75, 3.05) is 13.1 Å². The lowest BCUT2D eigenvalue weighted by atomic mass is 9.99. The van der Waals surface area contributed by atoms with Crippen LogP contribution in [0.4, 0.5) is 4.39 Å². The van der Waals surface area contributed by atoms with E-state index >= 15 is 0 Å². The molecule has 1 N–H and O–H groups in total. The van der Waals surface area contributed by atoms with Gasteiger partial charge in [0.1, 0.15) is 5.52 Å². The summed E-state index contributed by atoms with van der Waals surface area (Å²) in [5.74, 6) is 0.150. The zero-order chi connectivity index (χ0) is 18.5. The van der Waals surface area contributed by atoms with Crippen LogP contribution in [0.2, 0.25) is 0 Å². The monoisotopic (exact) mass is 417 g/mol. The summed E-state index contributed by atoms with van der Waals surface area (Å²) < 4.78 is 17.5. The minimum Gasteiger partial charge on any atom is -0.317 e. The van der Waals surface area contributed by atoms with Crippen LogP contribution < -0.4 is 5.32 Å². The molecule has 0 atom stereocenters. The summed E-state index contributed by atoms with van der Waals surface area (Å²) in [6.45, 7) is 5.95. The molecule has 146 valence electrons. The van der Waals surface area contributed by atoms with Gasteiger partial charge in [0.05, 0.1) is 27.3 Å². The average molecular weight is 418 g/mol. The number of thiazole rings is 1. The minimum absolute atomic E-state index is 0. The zero-order valence-corrected chi connectivity index (χ0v) is 17.3. The molecule has 1 aromatic carbocycles. The second-order valence-corrected chi connectivity index (χ2v) is 8.31. The van der Waals surface area contributed by atoms with E-state index in [0.29, 0.717) is 11.4 Å². The van der Waals surface area contributed by atoms with Crippen molar-refractivity contribution < 1.29 is 4.39 Å². The van der Waals surface area contributed by atoms with Gasteiger partial charge in [0.15, 0.2) is 11.5 Å². The molecule has 0 bridgehead atoms. The maximum Gasteiger partial charge on any atom is 0.156 e. The van der Waals surface area contributed by atoms with Gasteiger partial charge in [0, 0.05) is 11.5 Å². The number of benzene rings is 1. The van der Waals surface area contributed by atoms with Crippen LogP contribution in [-0.2, 0) is 0 Å². The highest BCUT2D eigenvalue weighted by molar-refractivity contribution is 7.18. The van der Waals surface area contributed by atoms with Gasteiger partial charge < -0.3 is 5.32 Å². The zero-order valence-electron chi connectivity index (χ0n) is 15.7. The van der Waals surface area contributed by atoms with E-state index in [9.17, 15) is 4.39 Å². The second-order valence-electron chi connectivity index (χ2n) is 7.24. The number of hydrogen-bond acceptors (Lipinski definition) is 5. The van der Waals surface area contributed by atoms with Gasteiger partial charge in [-0.3, -0.25) is 0 Å². The summed E-state index contributed by atoms with van der Waals surface area (Å²) in [5.41, 5.74) is 4.77. The van der Waals surface area contributed by atoms with Crippen LogP contribution in [0.3, 0.4) is 0 Å². The number of fused-ring (bicyclic) bond motifs is 2. The van der Waals surface area contributed by atoms with Crippen LogP contribution in [0.1, 0.15) is 35.0 Å². The fourth-order valence-corrected chi connectivity index (χ4v) is 4.97. The first-order valence-electron chi connectivity index (χ1n) is 9.23. The van der Waals surface area contributed by atoms with Gasteiger partial charge in [-0.25, -0.2) is 18.9 Å². The molecule has 0 aliphatic carbocycles. The summed E-state index contributed by atoms with van der Waals surface area (Å²) in [5, 5.41) is 9.05. The highest BCUT2D eigenvalue weighted by atomic mass is 35.5. The molecule has 8 heteroatoms. The van der Waals surface area contributed by atoms with Crippen molar-refractivity contribution in [3.8, 4) is 11.3 Å². The summed E-state index contributed by atoms with van der Waals surface area (Å²) in [6, 6.07) is 5.53. The summed E-state index contributed by atoms with van der Waals surface area (Å²) >= 11 is 1.61. The summed E-state index contributed by atoms with van der Waals surface area (Å²) in [7, 11) is 0. The summed E-state index contributed by atoms with van der Waals surface area (Å²) in [6.07, 6.45) is 4.01. The van der Waals surface area contributed by atoms with Crippen molar-refractivity contribution in [1.29, 1.82) is 0 Å². The highest BCUT2D eigenvalue weighted by Gasteiger charge is 2.21. The Bertz CT molecular complexity index is 1160. The first-order chi connectivity index (χ1) is 13.1. The molecular weight excluding hydrogens is 397 g/mol. The third kappa shape index (κ3) is 3.27. The molecule has 0 saturated carbocycles. The SMILES string of the molecule is Cc1cn2nc(-c3cc(F)c4nc(C5CCNCC5)sc4c3)cc(C)c2n1.Cl. The molecule has 3 aromatic heterocycles. The number of nitrogens with zero attached hydrogens (tertiary/aromatic N) is 4. The summed E-state index contributed by atoms with van der Waals surface area (Å²) in [4.78, 5) is 9.11. The number of piperidine rings is 1. The normalized spacial score (nSPS) is 15.2. The molecule has 0 spiro atoms. The van der Waals surface area contributed by atoms with Crippen molar-refractivity contribution >= 4 is 39.6 Å². The third-order valence-electron chi connectivity index (χ3n) is 5.18. The lowest BCUT2D eigenvalue weighted by molar-refractivity contribution is 0.459. The standard InChI is InChI=1S/C20H20FN5S.ClH/c1-11-7-16(25-26-10-12(2)23-19(11)26)14-8-15(21)18-17(9-14)27-20(24-18)13-3-5-22-6-4-13;/h7-10,13,22H,3-6H2,1-2H3;1H. The van der Waals surface area contributed by atoms with E-state index in [1.165, 1.54) is 0 Å². The fraction of sp³-hybridized carbons (Fsp3) is 0.350. The smallest absolute Gasteiger partial charge is 0.156 e. The maximum atomic E-state index is 14.8. The lowest BCUT2D eigenvalue weighted by Gasteiger charge is -2.20. The third-order valence-corrected chi connectivity index (χ3v) is 6.34. The van der Waals surface area contributed by atoms with Crippen LogP contribution >= 0.6 is 23.7 Å². The van der Waals surface area contributed by atoms with Crippen molar-refractivity contribution in [1.82, 2.24) is 24.9 Å². The van der Waals surface area contributed by atoms with Gasteiger partial charge in [0.25, 0.3) is 0 Å². The molecule has 28 heavy (non-hydrogen) atoms.